The van der Waals surface area contributed by atoms with Crippen LogP contribution in [0.25, 0.3) is 6.08 Å². The minimum atomic E-state index is -0.336. The molecule has 0 saturated heterocycles. The van der Waals surface area contributed by atoms with Crippen LogP contribution in [0.2, 0.25) is 5.02 Å². The van der Waals surface area contributed by atoms with Gasteiger partial charge in [-0.25, -0.2) is 4.39 Å². The van der Waals surface area contributed by atoms with Gasteiger partial charge in [0.25, 0.3) is 0 Å². The summed E-state index contributed by atoms with van der Waals surface area (Å²) in [6, 6.07) is 3.19. The first kappa shape index (κ1) is 6.86. The standard InChI is InChI=1S/C9H6ClF/c10-9-7-3-1-2-6(7)4-5-8(9)11/h1,3-5H,2H2. The van der Waals surface area contributed by atoms with Gasteiger partial charge in [0.1, 0.15) is 5.82 Å². The Morgan fingerprint density at radius 3 is 3.00 bits per heavy atom. The molecule has 0 amide bonds. The van der Waals surface area contributed by atoms with Gasteiger partial charge in [-0.3, -0.25) is 0 Å². The molecule has 0 spiro atoms. The molecule has 2 heteroatoms. The summed E-state index contributed by atoms with van der Waals surface area (Å²) in [4.78, 5) is 0. The van der Waals surface area contributed by atoms with Crippen molar-refractivity contribution >= 4 is 17.7 Å². The lowest BCUT2D eigenvalue weighted by Crippen LogP contribution is -1.85. The van der Waals surface area contributed by atoms with E-state index >= 15 is 0 Å². The smallest absolute Gasteiger partial charge is 0.142 e. The third-order valence-electron chi connectivity index (χ3n) is 1.85. The molecule has 0 saturated carbocycles. The highest BCUT2D eigenvalue weighted by Gasteiger charge is 2.11. The molecule has 1 aliphatic rings. The van der Waals surface area contributed by atoms with Crippen LogP contribution in [0.5, 0.6) is 0 Å². The zero-order valence-electron chi connectivity index (χ0n) is 5.77. The van der Waals surface area contributed by atoms with E-state index in [1.807, 2.05) is 12.2 Å². The van der Waals surface area contributed by atoms with E-state index in [0.29, 0.717) is 0 Å². The van der Waals surface area contributed by atoms with Crippen molar-refractivity contribution in [1.29, 1.82) is 0 Å². The van der Waals surface area contributed by atoms with Crippen LogP contribution in [0.3, 0.4) is 0 Å². The van der Waals surface area contributed by atoms with Gasteiger partial charge in [-0.1, -0.05) is 29.8 Å². The summed E-state index contributed by atoms with van der Waals surface area (Å²) in [7, 11) is 0. The maximum atomic E-state index is 12.8. The second-order valence-corrected chi connectivity index (χ2v) is 2.92. The van der Waals surface area contributed by atoms with Gasteiger partial charge in [-0.15, -0.1) is 0 Å². The van der Waals surface area contributed by atoms with Crippen LogP contribution in [0.1, 0.15) is 11.1 Å². The zero-order valence-corrected chi connectivity index (χ0v) is 6.53. The Kier molecular flexibility index (Phi) is 1.46. The van der Waals surface area contributed by atoms with Crippen LogP contribution >= 0.6 is 11.6 Å². The highest BCUT2D eigenvalue weighted by atomic mass is 35.5. The Labute approximate surface area is 69.3 Å². The summed E-state index contributed by atoms with van der Waals surface area (Å²) in [6.45, 7) is 0. The summed E-state index contributed by atoms with van der Waals surface area (Å²) in [5, 5.41) is 0.247. The monoisotopic (exact) mass is 168 g/mol. The molecule has 0 aliphatic heterocycles. The molecule has 0 aromatic heterocycles. The summed E-state index contributed by atoms with van der Waals surface area (Å²) in [5.41, 5.74) is 1.95. The van der Waals surface area contributed by atoms with Gasteiger partial charge in [0.2, 0.25) is 0 Å². The molecule has 0 N–H and O–H groups in total. The van der Waals surface area contributed by atoms with E-state index in [0.717, 1.165) is 17.5 Å². The zero-order chi connectivity index (χ0) is 7.84. The van der Waals surface area contributed by atoms with Crippen molar-refractivity contribution in [2.24, 2.45) is 0 Å². The van der Waals surface area contributed by atoms with Crippen LogP contribution < -0.4 is 0 Å². The number of benzene rings is 1. The van der Waals surface area contributed by atoms with E-state index in [2.05, 4.69) is 0 Å². The lowest BCUT2D eigenvalue weighted by Gasteiger charge is -2.00. The maximum Gasteiger partial charge on any atom is 0.142 e. The highest BCUT2D eigenvalue weighted by Crippen LogP contribution is 2.28. The molecule has 1 aromatic carbocycles. The van der Waals surface area contributed by atoms with Gasteiger partial charge in [-0.05, 0) is 23.6 Å². The van der Waals surface area contributed by atoms with Gasteiger partial charge in [0.15, 0.2) is 0 Å². The number of fused-ring (bicyclic) bond motifs is 1. The minimum Gasteiger partial charge on any atom is -0.205 e. The highest BCUT2D eigenvalue weighted by molar-refractivity contribution is 6.32. The second kappa shape index (κ2) is 2.35. The molecule has 11 heavy (non-hydrogen) atoms. The lowest BCUT2D eigenvalue weighted by atomic mass is 10.1. The lowest BCUT2D eigenvalue weighted by molar-refractivity contribution is 0.627. The molecule has 0 radical (unpaired) electrons. The third-order valence-corrected chi connectivity index (χ3v) is 2.23. The Morgan fingerprint density at radius 2 is 2.18 bits per heavy atom. The van der Waals surface area contributed by atoms with Gasteiger partial charge < -0.3 is 0 Å². The Hall–Kier alpha value is -0.820. The van der Waals surface area contributed by atoms with Gasteiger partial charge in [0.05, 0.1) is 5.02 Å². The van der Waals surface area contributed by atoms with Crippen LogP contribution in [-0.2, 0) is 6.42 Å². The molecular weight excluding hydrogens is 163 g/mol. The van der Waals surface area contributed by atoms with Crippen molar-refractivity contribution in [3.8, 4) is 0 Å². The molecule has 2 rings (SSSR count). The summed E-state index contributed by atoms with van der Waals surface area (Å²) >= 11 is 5.71. The van der Waals surface area contributed by atoms with E-state index in [1.165, 1.54) is 6.07 Å². The fourth-order valence-corrected chi connectivity index (χ4v) is 1.52. The fourth-order valence-electron chi connectivity index (χ4n) is 1.27. The predicted molar refractivity (Wildman–Crippen MR) is 44.1 cm³/mol. The average Bonchev–Trinajstić information content (AvgIpc) is 2.45. The van der Waals surface area contributed by atoms with E-state index in [-0.39, 0.29) is 10.8 Å². The van der Waals surface area contributed by atoms with Crippen molar-refractivity contribution in [3.05, 3.63) is 40.2 Å². The van der Waals surface area contributed by atoms with E-state index in [9.17, 15) is 4.39 Å². The Balaban J connectivity index is 2.70. The molecule has 0 nitrogen and oxygen atoms in total. The van der Waals surface area contributed by atoms with Crippen molar-refractivity contribution in [1.82, 2.24) is 0 Å². The van der Waals surface area contributed by atoms with Gasteiger partial charge in [-0.2, -0.15) is 0 Å². The molecule has 0 unspecified atom stereocenters. The summed E-state index contributed by atoms with van der Waals surface area (Å²) in [5.74, 6) is -0.336. The molecular formula is C9H6ClF. The number of halogens is 2. The topological polar surface area (TPSA) is 0 Å². The van der Waals surface area contributed by atoms with Crippen LogP contribution in [-0.4, -0.2) is 0 Å². The largest absolute Gasteiger partial charge is 0.205 e. The molecule has 56 valence electrons. The van der Waals surface area contributed by atoms with Gasteiger partial charge >= 0.3 is 0 Å². The molecule has 0 heterocycles. The van der Waals surface area contributed by atoms with E-state index in [4.69, 9.17) is 11.6 Å². The van der Waals surface area contributed by atoms with Gasteiger partial charge in [0, 0.05) is 0 Å². The van der Waals surface area contributed by atoms with Crippen molar-refractivity contribution in [2.75, 3.05) is 0 Å². The molecule has 1 aliphatic carbocycles. The average molecular weight is 169 g/mol. The number of rotatable bonds is 0. The van der Waals surface area contributed by atoms with Crippen molar-refractivity contribution in [3.63, 3.8) is 0 Å². The van der Waals surface area contributed by atoms with Crippen LogP contribution in [0.15, 0.2) is 18.2 Å². The Morgan fingerprint density at radius 1 is 1.36 bits per heavy atom. The molecule has 1 aromatic rings. The quantitative estimate of drug-likeness (QED) is 0.559. The summed E-state index contributed by atoms with van der Waals surface area (Å²) in [6.07, 6.45) is 4.71. The van der Waals surface area contributed by atoms with E-state index < -0.39 is 0 Å². The van der Waals surface area contributed by atoms with E-state index in [1.54, 1.807) is 6.07 Å². The predicted octanol–water partition coefficient (Wildman–Crippen LogP) is 3.05. The molecule has 0 bridgehead atoms. The number of hydrogen-bond donors (Lipinski definition) is 0. The molecule has 0 atom stereocenters. The number of allylic oxidation sites excluding steroid dienone is 1. The van der Waals surface area contributed by atoms with Crippen molar-refractivity contribution in [2.45, 2.75) is 6.42 Å². The normalized spacial score (nSPS) is 13.6. The SMILES string of the molecule is Fc1ccc2c(c1Cl)C=CC2. The third kappa shape index (κ3) is 0.962. The van der Waals surface area contributed by atoms with Crippen LogP contribution in [0, 0.1) is 5.82 Å². The maximum absolute atomic E-state index is 12.8. The first-order valence-electron chi connectivity index (χ1n) is 3.42. The second-order valence-electron chi connectivity index (χ2n) is 2.54. The van der Waals surface area contributed by atoms with Crippen molar-refractivity contribution < 1.29 is 4.39 Å². The van der Waals surface area contributed by atoms with Crippen LogP contribution in [0.4, 0.5) is 4.39 Å². The minimum absolute atomic E-state index is 0.247. The first-order valence-corrected chi connectivity index (χ1v) is 3.80. The number of hydrogen-bond acceptors (Lipinski definition) is 0. The Bertz CT molecular complexity index is 329. The first-order chi connectivity index (χ1) is 5.29. The molecule has 0 fully saturated rings. The summed E-state index contributed by atoms with van der Waals surface area (Å²) < 4.78 is 12.8. The fraction of sp³-hybridized carbons (Fsp3) is 0.111.